The summed E-state index contributed by atoms with van der Waals surface area (Å²) in [5.41, 5.74) is 4.85. The fraction of sp³-hybridized carbons (Fsp3) is 0.304. The molecule has 1 aromatic carbocycles. The van der Waals surface area contributed by atoms with E-state index in [2.05, 4.69) is 22.1 Å². The largest absolute Gasteiger partial charge is 0.475 e. The van der Waals surface area contributed by atoms with Crippen molar-refractivity contribution < 1.29 is 14.2 Å². The first kappa shape index (κ1) is 19.4. The number of hydrogen-bond donors (Lipinski definition) is 0. The van der Waals surface area contributed by atoms with Crippen molar-refractivity contribution in [2.75, 3.05) is 26.4 Å². The lowest BCUT2D eigenvalue weighted by Crippen LogP contribution is -2.34. The van der Waals surface area contributed by atoms with Gasteiger partial charge in [0.25, 0.3) is 0 Å². The van der Waals surface area contributed by atoms with Crippen molar-refractivity contribution in [2.45, 2.75) is 19.1 Å². The van der Waals surface area contributed by atoms with E-state index in [0.717, 1.165) is 27.9 Å². The van der Waals surface area contributed by atoms with Gasteiger partial charge in [0, 0.05) is 36.1 Å². The Balaban J connectivity index is 1.47. The minimum absolute atomic E-state index is 0.168. The zero-order chi connectivity index (χ0) is 21.2. The number of benzene rings is 1. The lowest BCUT2D eigenvalue weighted by Gasteiger charge is -2.24. The van der Waals surface area contributed by atoms with Gasteiger partial charge in [0.2, 0.25) is 5.88 Å². The first-order valence-corrected chi connectivity index (χ1v) is 10.1. The highest BCUT2D eigenvalue weighted by Gasteiger charge is 2.21. The van der Waals surface area contributed by atoms with E-state index < -0.39 is 0 Å². The van der Waals surface area contributed by atoms with Crippen LogP contribution in [-0.2, 0) is 22.4 Å². The maximum atomic E-state index is 12.6. The Morgan fingerprint density at radius 2 is 2.16 bits per heavy atom. The first-order chi connectivity index (χ1) is 15.2. The van der Waals surface area contributed by atoms with Gasteiger partial charge in [-0.05, 0) is 23.6 Å². The molecule has 4 heterocycles. The number of fused-ring (bicyclic) bond motifs is 3. The molecule has 156 valence electrons. The van der Waals surface area contributed by atoms with Crippen molar-refractivity contribution in [3.05, 3.63) is 64.3 Å². The van der Waals surface area contributed by atoms with Crippen molar-refractivity contribution in [3.8, 4) is 34.3 Å². The van der Waals surface area contributed by atoms with Crippen LogP contribution in [-0.4, -0.2) is 47.1 Å². The van der Waals surface area contributed by atoms with Gasteiger partial charge in [-0.25, -0.2) is 4.79 Å². The molecule has 8 heteroatoms. The van der Waals surface area contributed by atoms with Gasteiger partial charge in [0.15, 0.2) is 0 Å². The van der Waals surface area contributed by atoms with Gasteiger partial charge in [-0.2, -0.15) is 10.2 Å². The maximum absolute atomic E-state index is 12.6. The van der Waals surface area contributed by atoms with E-state index in [4.69, 9.17) is 14.2 Å². The Labute approximate surface area is 178 Å². The van der Waals surface area contributed by atoms with E-state index in [9.17, 15) is 10.1 Å². The first-order valence-electron chi connectivity index (χ1n) is 10.1. The monoisotopic (exact) mass is 416 g/mol. The smallest absolute Gasteiger partial charge is 0.351 e. The summed E-state index contributed by atoms with van der Waals surface area (Å²) in [4.78, 5) is 20.7. The Bertz CT molecular complexity index is 1220. The average molecular weight is 416 g/mol. The molecule has 0 spiro atoms. The summed E-state index contributed by atoms with van der Waals surface area (Å²) >= 11 is 0. The van der Waals surface area contributed by atoms with Crippen LogP contribution in [0.2, 0.25) is 0 Å². The lowest BCUT2D eigenvalue weighted by atomic mass is 9.92. The third-order valence-electron chi connectivity index (χ3n) is 5.53. The fourth-order valence-electron chi connectivity index (χ4n) is 3.99. The number of rotatable bonds is 4. The zero-order valence-corrected chi connectivity index (χ0v) is 16.8. The van der Waals surface area contributed by atoms with Gasteiger partial charge >= 0.3 is 5.69 Å². The average Bonchev–Trinajstić information content (AvgIpc) is 2.83. The molecule has 5 rings (SSSR count). The molecule has 31 heavy (non-hydrogen) atoms. The molecule has 2 aromatic heterocycles. The third kappa shape index (κ3) is 3.81. The van der Waals surface area contributed by atoms with Crippen molar-refractivity contribution in [1.29, 1.82) is 5.26 Å². The zero-order valence-electron chi connectivity index (χ0n) is 16.8. The van der Waals surface area contributed by atoms with Crippen LogP contribution in [0.25, 0.3) is 22.4 Å². The van der Waals surface area contributed by atoms with E-state index in [-0.39, 0.29) is 24.3 Å². The van der Waals surface area contributed by atoms with Gasteiger partial charge in [-0.1, -0.05) is 18.2 Å². The van der Waals surface area contributed by atoms with Gasteiger partial charge in [0.05, 0.1) is 31.1 Å². The van der Waals surface area contributed by atoms with Gasteiger partial charge in [-0.3, -0.25) is 9.55 Å². The maximum Gasteiger partial charge on any atom is 0.351 e. The molecule has 0 saturated carbocycles. The minimum atomic E-state index is -0.330. The Morgan fingerprint density at radius 1 is 1.23 bits per heavy atom. The molecule has 8 nitrogen and oxygen atoms in total. The third-order valence-corrected chi connectivity index (χ3v) is 5.53. The Morgan fingerprint density at radius 3 is 3.00 bits per heavy atom. The number of hydrogen-bond acceptors (Lipinski definition) is 7. The molecule has 0 radical (unpaired) electrons. The Kier molecular flexibility index (Phi) is 5.20. The van der Waals surface area contributed by atoms with Gasteiger partial charge in [0.1, 0.15) is 18.8 Å². The van der Waals surface area contributed by atoms with Crippen molar-refractivity contribution >= 4 is 0 Å². The highest BCUT2D eigenvalue weighted by atomic mass is 16.6. The summed E-state index contributed by atoms with van der Waals surface area (Å²) in [6, 6.07) is 11.9. The molecule has 0 bridgehead atoms. The Hall–Kier alpha value is -3.54. The van der Waals surface area contributed by atoms with Crippen LogP contribution in [0.4, 0.5) is 0 Å². The summed E-state index contributed by atoms with van der Waals surface area (Å²) in [5, 5.41) is 9.39. The molecule has 0 aliphatic carbocycles. The lowest BCUT2D eigenvalue weighted by molar-refractivity contribution is -0.102. The van der Waals surface area contributed by atoms with Crippen LogP contribution in [0.1, 0.15) is 11.1 Å². The van der Waals surface area contributed by atoms with Crippen LogP contribution in [0.15, 0.2) is 47.5 Å². The predicted molar refractivity (Wildman–Crippen MR) is 112 cm³/mol. The molecule has 3 aromatic rings. The predicted octanol–water partition coefficient (Wildman–Crippen LogP) is 2.19. The summed E-state index contributed by atoms with van der Waals surface area (Å²) in [7, 11) is 0. The number of ether oxygens (including phenoxy) is 3. The number of pyridine rings is 1. The second-order valence-electron chi connectivity index (χ2n) is 7.45. The number of aromatic nitrogens is 3. The van der Waals surface area contributed by atoms with E-state index in [1.165, 1.54) is 0 Å². The van der Waals surface area contributed by atoms with Gasteiger partial charge < -0.3 is 14.2 Å². The van der Waals surface area contributed by atoms with Crippen LogP contribution < -0.4 is 10.4 Å². The van der Waals surface area contributed by atoms with Crippen LogP contribution in [0, 0.1) is 11.3 Å². The molecular formula is C23H20N4O4. The van der Waals surface area contributed by atoms with E-state index in [0.29, 0.717) is 38.3 Å². The normalized spacial score (nSPS) is 17.3. The second-order valence-corrected chi connectivity index (χ2v) is 7.45. The van der Waals surface area contributed by atoms with E-state index in [1.807, 2.05) is 18.2 Å². The molecule has 2 aliphatic rings. The van der Waals surface area contributed by atoms with Crippen molar-refractivity contribution in [2.24, 2.45) is 0 Å². The quantitative estimate of drug-likeness (QED) is 0.643. The highest BCUT2D eigenvalue weighted by Crippen LogP contribution is 2.33. The summed E-state index contributed by atoms with van der Waals surface area (Å²) in [5.74, 6) is 0.281. The van der Waals surface area contributed by atoms with E-state index >= 15 is 0 Å². The molecule has 1 saturated heterocycles. The minimum Gasteiger partial charge on any atom is -0.475 e. The SMILES string of the molecule is N#Cc1cnccc1-c1ccc2c(c1)CCn1c-2cc(OCC2COCCO2)nc1=O. The molecule has 1 atom stereocenters. The second kappa shape index (κ2) is 8.30. The molecule has 2 aliphatic heterocycles. The van der Waals surface area contributed by atoms with E-state index in [1.54, 1.807) is 23.0 Å². The number of nitriles is 1. The van der Waals surface area contributed by atoms with Gasteiger partial charge in [-0.15, -0.1) is 0 Å². The summed E-state index contributed by atoms with van der Waals surface area (Å²) < 4.78 is 18.4. The summed E-state index contributed by atoms with van der Waals surface area (Å²) in [6.45, 7) is 2.41. The molecular weight excluding hydrogens is 396 g/mol. The molecule has 1 unspecified atom stereocenters. The fourth-order valence-corrected chi connectivity index (χ4v) is 3.99. The van der Waals surface area contributed by atoms with Crippen LogP contribution in [0.5, 0.6) is 5.88 Å². The standard InChI is InChI=1S/C23H20N4O4/c24-11-17-12-25-5-3-19(17)15-1-2-20-16(9-15)4-6-27-21(20)10-22(26-23(27)28)31-14-18-13-29-7-8-30-18/h1-3,5,9-10,12,18H,4,6-8,13-14H2. The van der Waals surface area contributed by atoms with Crippen molar-refractivity contribution in [1.82, 2.24) is 14.5 Å². The van der Waals surface area contributed by atoms with Crippen molar-refractivity contribution in [3.63, 3.8) is 0 Å². The molecule has 0 N–H and O–H groups in total. The number of nitrogens with zero attached hydrogens (tertiary/aromatic N) is 4. The number of aryl methyl sites for hydroxylation is 1. The molecule has 1 fully saturated rings. The topological polar surface area (TPSA) is 99.3 Å². The molecule has 0 amide bonds. The summed E-state index contributed by atoms with van der Waals surface area (Å²) in [6.07, 6.45) is 3.79. The highest BCUT2D eigenvalue weighted by molar-refractivity contribution is 5.76. The van der Waals surface area contributed by atoms with Crippen LogP contribution >= 0.6 is 0 Å². The van der Waals surface area contributed by atoms with Crippen LogP contribution in [0.3, 0.4) is 0 Å².